The first-order chi connectivity index (χ1) is 9.00. The van der Waals surface area contributed by atoms with Crippen LogP contribution in [0.5, 0.6) is 11.5 Å². The van der Waals surface area contributed by atoms with Crippen molar-refractivity contribution in [2.45, 2.75) is 12.6 Å². The number of rotatable bonds is 4. The Hall–Kier alpha value is -2.36. The predicted octanol–water partition coefficient (Wildman–Crippen LogP) is 3.75. The van der Waals surface area contributed by atoms with Gasteiger partial charge in [0.1, 0.15) is 11.5 Å². The van der Waals surface area contributed by atoms with Gasteiger partial charge in [-0.05, 0) is 31.2 Å². The van der Waals surface area contributed by atoms with Gasteiger partial charge in [-0.2, -0.15) is 0 Å². The number of halogens is 1. The Morgan fingerprint density at radius 2 is 1.58 bits per heavy atom. The Morgan fingerprint density at radius 3 is 2.11 bits per heavy atom. The fourth-order valence-corrected chi connectivity index (χ4v) is 1.58. The smallest absolute Gasteiger partial charge is 0.345 e. The molecule has 0 aliphatic carbocycles. The molecule has 1 atom stereocenters. The van der Waals surface area contributed by atoms with E-state index in [1.54, 1.807) is 24.3 Å². The van der Waals surface area contributed by atoms with E-state index in [0.29, 0.717) is 11.5 Å². The lowest BCUT2D eigenvalue weighted by Crippen LogP contribution is -2.26. The van der Waals surface area contributed by atoms with E-state index in [1.165, 1.54) is 12.1 Å². The molecule has 0 heterocycles. The molecule has 19 heavy (non-hydrogen) atoms. The number of ether oxygens (including phenoxy) is 1. The lowest BCUT2D eigenvalue weighted by atomic mass is 9.98. The van der Waals surface area contributed by atoms with E-state index < -0.39 is 11.6 Å². The molecule has 2 aromatic carbocycles. The summed E-state index contributed by atoms with van der Waals surface area (Å²) in [6, 6.07) is 15.1. The maximum absolute atomic E-state index is 13.9. The Labute approximate surface area is 110 Å². The summed E-state index contributed by atoms with van der Waals surface area (Å²) in [5.74, 6) is -0.322. The van der Waals surface area contributed by atoms with Crippen LogP contribution in [0, 0.1) is 0 Å². The minimum absolute atomic E-state index is 0.0837. The summed E-state index contributed by atoms with van der Waals surface area (Å²) in [5.41, 5.74) is -2.31. The summed E-state index contributed by atoms with van der Waals surface area (Å²) in [4.78, 5) is 10.8. The number of hydrogen-bond donors (Lipinski definition) is 1. The van der Waals surface area contributed by atoms with Gasteiger partial charge < -0.3 is 9.84 Å². The predicted molar refractivity (Wildman–Crippen MR) is 69.1 cm³/mol. The molecule has 4 heteroatoms. The summed E-state index contributed by atoms with van der Waals surface area (Å²) >= 11 is 0. The van der Waals surface area contributed by atoms with Crippen molar-refractivity contribution < 1.29 is 19.0 Å². The largest absolute Gasteiger partial charge is 0.479 e. The van der Waals surface area contributed by atoms with E-state index in [1.807, 2.05) is 18.2 Å². The maximum atomic E-state index is 13.9. The highest BCUT2D eigenvalue weighted by Gasteiger charge is 2.34. The van der Waals surface area contributed by atoms with Gasteiger partial charge in [0.15, 0.2) is 0 Å². The number of carbonyl (C=O) groups is 1. The van der Waals surface area contributed by atoms with Crippen LogP contribution in [0.2, 0.25) is 0 Å². The summed E-state index contributed by atoms with van der Waals surface area (Å²) < 4.78 is 19.4. The average Bonchev–Trinajstić information content (AvgIpc) is 2.40. The molecular weight excluding hydrogens is 247 g/mol. The fourth-order valence-electron chi connectivity index (χ4n) is 1.58. The van der Waals surface area contributed by atoms with Crippen molar-refractivity contribution in [2.24, 2.45) is 0 Å². The minimum Gasteiger partial charge on any atom is -0.479 e. The van der Waals surface area contributed by atoms with Crippen LogP contribution in [0.1, 0.15) is 12.5 Å². The molecule has 1 N–H and O–H groups in total. The molecule has 0 amide bonds. The first-order valence-electron chi connectivity index (χ1n) is 5.76. The Bertz CT molecular complexity index is 562. The maximum Gasteiger partial charge on any atom is 0.345 e. The van der Waals surface area contributed by atoms with E-state index in [9.17, 15) is 9.18 Å². The van der Waals surface area contributed by atoms with Crippen molar-refractivity contribution in [1.82, 2.24) is 0 Å². The van der Waals surface area contributed by atoms with Crippen LogP contribution >= 0.6 is 0 Å². The van der Waals surface area contributed by atoms with Crippen molar-refractivity contribution in [3.63, 3.8) is 0 Å². The third-order valence-corrected chi connectivity index (χ3v) is 2.78. The first-order valence-corrected chi connectivity index (χ1v) is 5.76. The normalized spacial score (nSPS) is 13.6. The standard InChI is InChI=1S/C15H13FO3/c1-15(16,14(17)18)11-7-9-13(10-8-11)19-12-5-3-2-4-6-12/h2-10H,1H3,(H,17,18)/t15-/m0/s1. The zero-order valence-corrected chi connectivity index (χ0v) is 10.3. The first kappa shape index (κ1) is 13.1. The topological polar surface area (TPSA) is 46.5 Å². The van der Waals surface area contributed by atoms with Gasteiger partial charge in [0.2, 0.25) is 5.67 Å². The molecule has 0 unspecified atom stereocenters. The molecule has 0 aliphatic rings. The van der Waals surface area contributed by atoms with Crippen LogP contribution in [-0.2, 0) is 10.5 Å². The summed E-state index contributed by atoms with van der Waals surface area (Å²) in [5, 5.41) is 8.79. The molecule has 0 aliphatic heterocycles. The van der Waals surface area contributed by atoms with Crippen molar-refractivity contribution in [3.8, 4) is 11.5 Å². The lowest BCUT2D eigenvalue weighted by Gasteiger charge is -2.15. The second-order valence-corrected chi connectivity index (χ2v) is 4.25. The van der Waals surface area contributed by atoms with E-state index in [2.05, 4.69) is 0 Å². The Morgan fingerprint density at radius 1 is 1.05 bits per heavy atom. The Balaban J connectivity index is 2.18. The molecule has 0 aromatic heterocycles. The van der Waals surface area contributed by atoms with Crippen LogP contribution in [0.25, 0.3) is 0 Å². The average molecular weight is 260 g/mol. The van der Waals surface area contributed by atoms with Crippen LogP contribution in [0.4, 0.5) is 4.39 Å². The number of carboxylic acid groups (broad SMARTS) is 1. The molecule has 0 bridgehead atoms. The van der Waals surface area contributed by atoms with Crippen LogP contribution in [0.3, 0.4) is 0 Å². The molecule has 98 valence electrons. The summed E-state index contributed by atoms with van der Waals surface area (Å²) in [6.07, 6.45) is 0. The summed E-state index contributed by atoms with van der Waals surface area (Å²) in [6.45, 7) is 1.02. The minimum atomic E-state index is -2.40. The third kappa shape index (κ3) is 2.91. The number of hydrogen-bond acceptors (Lipinski definition) is 2. The van der Waals surface area contributed by atoms with E-state index in [0.717, 1.165) is 6.92 Å². The quantitative estimate of drug-likeness (QED) is 0.910. The Kier molecular flexibility index (Phi) is 3.51. The van der Waals surface area contributed by atoms with Crippen molar-refractivity contribution >= 4 is 5.97 Å². The van der Waals surface area contributed by atoms with Gasteiger partial charge in [0.05, 0.1) is 0 Å². The molecule has 2 rings (SSSR count). The highest BCUT2D eigenvalue weighted by molar-refractivity contribution is 5.78. The van der Waals surface area contributed by atoms with Crippen LogP contribution in [-0.4, -0.2) is 11.1 Å². The number of alkyl halides is 1. The number of carboxylic acids is 1. The van der Waals surface area contributed by atoms with Crippen LogP contribution in [0.15, 0.2) is 54.6 Å². The van der Waals surface area contributed by atoms with Gasteiger partial charge in [-0.3, -0.25) is 0 Å². The van der Waals surface area contributed by atoms with Gasteiger partial charge in [-0.1, -0.05) is 30.3 Å². The fraction of sp³-hybridized carbons (Fsp3) is 0.133. The number of para-hydroxylation sites is 1. The van der Waals surface area contributed by atoms with Crippen molar-refractivity contribution in [2.75, 3.05) is 0 Å². The van der Waals surface area contributed by atoms with Gasteiger partial charge >= 0.3 is 5.97 Å². The van der Waals surface area contributed by atoms with Gasteiger partial charge in [-0.25, -0.2) is 9.18 Å². The molecule has 2 aromatic rings. The van der Waals surface area contributed by atoms with E-state index in [4.69, 9.17) is 9.84 Å². The summed E-state index contributed by atoms with van der Waals surface area (Å²) in [7, 11) is 0. The second kappa shape index (κ2) is 5.10. The molecule has 0 radical (unpaired) electrons. The third-order valence-electron chi connectivity index (χ3n) is 2.78. The zero-order valence-electron chi connectivity index (χ0n) is 10.3. The lowest BCUT2D eigenvalue weighted by molar-refractivity contribution is -0.150. The zero-order chi connectivity index (χ0) is 13.9. The van der Waals surface area contributed by atoms with E-state index >= 15 is 0 Å². The molecule has 3 nitrogen and oxygen atoms in total. The molecule has 0 spiro atoms. The SMILES string of the molecule is C[C@@](F)(C(=O)O)c1ccc(Oc2ccccc2)cc1. The van der Waals surface area contributed by atoms with E-state index in [-0.39, 0.29) is 5.56 Å². The van der Waals surface area contributed by atoms with Gasteiger partial charge in [0.25, 0.3) is 0 Å². The van der Waals surface area contributed by atoms with Gasteiger partial charge in [0, 0.05) is 5.56 Å². The van der Waals surface area contributed by atoms with Crippen LogP contribution < -0.4 is 4.74 Å². The van der Waals surface area contributed by atoms with Crippen molar-refractivity contribution in [3.05, 3.63) is 60.2 Å². The highest BCUT2D eigenvalue weighted by Crippen LogP contribution is 2.28. The van der Waals surface area contributed by atoms with Crippen molar-refractivity contribution in [1.29, 1.82) is 0 Å². The second-order valence-electron chi connectivity index (χ2n) is 4.25. The molecular formula is C15H13FO3. The monoisotopic (exact) mass is 260 g/mol. The van der Waals surface area contributed by atoms with Gasteiger partial charge in [-0.15, -0.1) is 0 Å². The molecule has 0 saturated carbocycles. The molecule has 0 saturated heterocycles. The highest BCUT2D eigenvalue weighted by atomic mass is 19.1. The molecule has 0 fully saturated rings. The number of aliphatic carboxylic acids is 1. The number of benzene rings is 2.